The summed E-state index contributed by atoms with van der Waals surface area (Å²) in [4.78, 5) is 33.5. The van der Waals surface area contributed by atoms with Crippen molar-refractivity contribution in [2.75, 3.05) is 26.4 Å². The van der Waals surface area contributed by atoms with Gasteiger partial charge in [0.1, 0.15) is 0 Å². The van der Waals surface area contributed by atoms with Crippen molar-refractivity contribution in [3.05, 3.63) is 479 Å². The molecule has 14 nitrogen and oxygen atoms in total. The number of carbonyl (C=O) groups is 3. The van der Waals surface area contributed by atoms with Gasteiger partial charge in [0.25, 0.3) is 0 Å². The number of carbonyl (C=O) groups excluding carboxylic acids is 3. The van der Waals surface area contributed by atoms with Crippen LogP contribution in [0.1, 0.15) is 160 Å². The van der Waals surface area contributed by atoms with E-state index in [9.17, 15) is 29.7 Å². The molecule has 4 aliphatic carbocycles. The summed E-state index contributed by atoms with van der Waals surface area (Å²) in [6, 6.07) is 70.9. The van der Waals surface area contributed by atoms with Crippen molar-refractivity contribution in [2.45, 2.75) is 164 Å². The van der Waals surface area contributed by atoms with E-state index in [1.54, 1.807) is 48.6 Å². The molecule has 0 spiro atoms. The molecule has 0 aliphatic heterocycles. The van der Waals surface area contributed by atoms with Gasteiger partial charge in [-0.15, -0.1) is 23.2 Å². The van der Waals surface area contributed by atoms with Crippen molar-refractivity contribution in [1.29, 1.82) is 0 Å². The first kappa shape index (κ1) is 163. The topological polar surface area (TPSA) is 221 Å². The van der Waals surface area contributed by atoms with E-state index in [0.717, 1.165) is 80.2 Å². The molecule has 0 aromatic heterocycles. The Bertz CT molecular complexity index is 3380. The van der Waals surface area contributed by atoms with Crippen LogP contribution in [-0.2, 0) is 167 Å². The largest absolute Gasteiger partial charge is 4.00 e. The van der Waals surface area contributed by atoms with Crippen LogP contribution in [0.2, 0.25) is 0 Å². The number of hydrogen-bond acceptors (Lipinski definition) is 13. The summed E-state index contributed by atoms with van der Waals surface area (Å²) in [6.07, 6.45) is 46.4. The number of aliphatic hydroxyl groups is 2. The molecule has 4 aliphatic rings. The van der Waals surface area contributed by atoms with E-state index in [1.165, 1.54) is 37.7 Å². The molecule has 0 bridgehead atoms. The Kier molecular flexibility index (Phi) is 157. The van der Waals surface area contributed by atoms with Crippen LogP contribution in [0.4, 0.5) is 0 Å². The number of nitrogens with zero attached hydrogens (tertiary/aromatic N) is 1. The maximum Gasteiger partial charge on any atom is 4.00 e. The molecule has 0 fully saturated rings. The summed E-state index contributed by atoms with van der Waals surface area (Å²) in [5, 5.41) is 53.1. The van der Waals surface area contributed by atoms with Crippen LogP contribution >= 0.6 is 0 Å². The number of hydrogen-bond donors (Lipinski definition) is 2. The molecule has 128 heavy (non-hydrogen) atoms. The summed E-state index contributed by atoms with van der Waals surface area (Å²) < 4.78 is 25.0. The molecule has 0 radical (unpaired) electrons. The summed E-state index contributed by atoms with van der Waals surface area (Å²) >= 11 is 0. The van der Waals surface area contributed by atoms with Crippen molar-refractivity contribution in [1.82, 2.24) is 0 Å². The molecule has 0 unspecified atom stereocenters. The van der Waals surface area contributed by atoms with Crippen molar-refractivity contribution < 1.29 is 166 Å². The maximum atomic E-state index is 11.4. The third-order valence-corrected chi connectivity index (χ3v) is 14.6. The monoisotopic (exact) mass is 2010 g/mol. The molecule has 0 saturated carbocycles. The fourth-order valence-corrected chi connectivity index (χ4v) is 8.56. The maximum absolute atomic E-state index is 11.4. The standard InChI is InChI=1S/C14H21O2.2C11H15O2.C10H14N.2C9H12O2.C6H6O2.C6H7O.4C5H5.12CH3.6Fe/c1-2-3-4-5-8-11-16-14(15)12-13-9-6-7-10-13;2*1-2-3-8-11(12)13-9-10-6-4-5-7-10;1-2-3-8-11-9-10-6-4-5-7-10;2*1-2-7-11-9(10)8-5-3-4-6-8;7-6(8)5-3-1-2-4-5;7-5-6-3-1-2-4-6;4*1-2-4-5-3-1;;;;;;;;;;;;;;;;;;/h6-7,9-10H,2-5,8,11-12H2,1H3;2*4-7H,2-3,8-9H2,1H3;4-7,9H,2-3,8H2,1H3;2*3-6,10H,2,7H2,1H3;1-4,7-8H;1-4,7H,5H2;4*1-5H;12*1H3;;;;;;/q4*-1;;;;17*-1;+2;5*+4/p-3. The second kappa shape index (κ2) is 123. The average Bonchev–Trinajstić information content (AvgIpc) is 1.80. The third-order valence-electron chi connectivity index (χ3n) is 14.6. The van der Waals surface area contributed by atoms with Gasteiger partial charge in [-0.2, -0.15) is 133 Å². The number of allylic oxidation sites excluding steroid dienone is 20. The zero-order chi connectivity index (χ0) is 80.1. The third kappa shape index (κ3) is 102. The minimum absolute atomic E-state index is 0. The van der Waals surface area contributed by atoms with Gasteiger partial charge in [-0.1, -0.05) is 190 Å². The Hall–Kier alpha value is -8.23. The van der Waals surface area contributed by atoms with Gasteiger partial charge in [0.15, 0.2) is 0 Å². The summed E-state index contributed by atoms with van der Waals surface area (Å²) in [7, 11) is 0. The number of rotatable bonds is 29. The van der Waals surface area contributed by atoms with E-state index in [0.29, 0.717) is 69.0 Å². The van der Waals surface area contributed by atoms with Crippen molar-refractivity contribution in [3.8, 4) is 0 Å². The van der Waals surface area contributed by atoms with Gasteiger partial charge >= 0.3 is 120 Å². The van der Waals surface area contributed by atoms with Crippen molar-refractivity contribution in [2.24, 2.45) is 0 Å². The second-order valence-corrected chi connectivity index (χ2v) is 24.2. The molecule has 8 aromatic rings. The molecule has 720 valence electrons. The predicted molar refractivity (Wildman–Crippen MR) is 522 cm³/mol. The van der Waals surface area contributed by atoms with Gasteiger partial charge in [-0.3, -0.25) is 14.4 Å². The molecular weight excluding hydrogens is 1850 g/mol. The molecule has 0 amide bonds. The van der Waals surface area contributed by atoms with E-state index in [4.69, 9.17) is 33.9 Å². The normalized spacial score (nSPS) is 9.65. The van der Waals surface area contributed by atoms with Crippen LogP contribution in [-0.4, -0.2) is 54.5 Å². The minimum Gasteiger partial charge on any atom is -0.690 e. The summed E-state index contributed by atoms with van der Waals surface area (Å²) in [5.41, 5.74) is 6.98. The first-order valence-corrected chi connectivity index (χ1v) is 38.3. The Labute approximate surface area is 846 Å². The zero-order valence-electron chi connectivity index (χ0n) is 79.8. The molecule has 2 N–H and O–H groups in total. The number of esters is 3. The molecule has 20 heteroatoms. The Morgan fingerprint density at radius 2 is 0.648 bits per heavy atom. The van der Waals surface area contributed by atoms with Gasteiger partial charge in [-0.25, -0.2) is 97.1 Å². The number of aliphatic hydroxyl groups excluding tert-OH is 2. The van der Waals surface area contributed by atoms with Gasteiger partial charge in [0.2, 0.25) is 0 Å². The van der Waals surface area contributed by atoms with Crippen LogP contribution < -0.4 is 15.3 Å². The number of ether oxygens (including phenoxy) is 5. The predicted octanol–water partition coefficient (Wildman–Crippen LogP) is 26.3. The number of unbranched alkanes of at least 4 members (excludes halogenated alkanes) is 7. The SMILES string of the molecule is CCCCC(=O)OCc1ccc[cH-]1.CCCCC(=O)OCc1ccc[cH-]1.CCCCCCCOC(=O)Cc1ccc[cH-]1.CCCC[N-]C=C1C=CC=C1.CCCOC([O-])=C1C=CC=C1.CCCOC([O-])=C1C=CC=C1.OCc1ccc[cH-]1.[CH3-].[CH3-].[CH3-].[CH3-].[CH3-].[CH3-].[CH3-].[CH3-].[CH3-].[CH3-].[CH3-].[CH3-].[Fe+2].[Fe+4].[Fe+4].[Fe+4].[Fe+4].[Fe+4].[O-]C(O)=C1C=CC=C1.c1cc[cH-]c1.c1cc[cH-]c1.c1cc[cH-]c1.c1cc[cH-]c1. The van der Waals surface area contributed by atoms with Gasteiger partial charge in [0.05, 0.1) is 37.7 Å². The summed E-state index contributed by atoms with van der Waals surface area (Å²) in [5.74, 6) is -1.61. The molecule has 12 rings (SSSR count). The quantitative estimate of drug-likeness (QED) is 0.0111. The smallest absolute Gasteiger partial charge is 0.690 e. The van der Waals surface area contributed by atoms with E-state index in [1.807, 2.05) is 275 Å². The zero-order valence-corrected chi connectivity index (χ0v) is 86.4. The van der Waals surface area contributed by atoms with Crippen LogP contribution in [0.15, 0.2) is 362 Å². The van der Waals surface area contributed by atoms with Crippen LogP contribution in [0.3, 0.4) is 0 Å². The Morgan fingerprint density at radius 1 is 0.344 bits per heavy atom. The van der Waals surface area contributed by atoms with Crippen molar-refractivity contribution >= 4 is 17.9 Å². The summed E-state index contributed by atoms with van der Waals surface area (Å²) in [6.45, 7) is 16.0. The Morgan fingerprint density at radius 3 is 0.914 bits per heavy atom. The molecule has 0 heterocycles. The van der Waals surface area contributed by atoms with E-state index in [2.05, 4.69) is 45.2 Å². The van der Waals surface area contributed by atoms with Gasteiger partial charge in [0, 0.05) is 25.9 Å². The second-order valence-electron chi connectivity index (χ2n) is 24.2. The van der Waals surface area contributed by atoms with E-state index >= 15 is 0 Å². The average molecular weight is 2010 g/mol. The molecule has 0 atom stereocenters. The van der Waals surface area contributed by atoms with Gasteiger partial charge in [-0.05, 0) is 67.6 Å². The van der Waals surface area contributed by atoms with E-state index < -0.39 is 5.95 Å². The van der Waals surface area contributed by atoms with Crippen LogP contribution in [0.5, 0.6) is 0 Å². The molecule has 0 saturated heterocycles. The van der Waals surface area contributed by atoms with Crippen LogP contribution in [0, 0.1) is 89.1 Å². The molecular formula is C108H155Fe6NO13-2. The first-order valence-electron chi connectivity index (χ1n) is 38.3. The van der Waals surface area contributed by atoms with Gasteiger partial charge < -0.3 is 144 Å². The first-order chi connectivity index (χ1) is 53.8. The van der Waals surface area contributed by atoms with E-state index in [-0.39, 0.29) is 228 Å². The fourth-order valence-electron chi connectivity index (χ4n) is 8.56. The van der Waals surface area contributed by atoms with Crippen molar-refractivity contribution in [3.63, 3.8) is 0 Å². The van der Waals surface area contributed by atoms with Crippen LogP contribution in [0.25, 0.3) is 5.32 Å². The fraction of sp³-hybridized carbons (Fsp3) is 0.269. The Balaban J connectivity index is -0.0000000645. The minimum atomic E-state index is -0.866. The molecule has 8 aromatic carbocycles.